The van der Waals surface area contributed by atoms with Gasteiger partial charge in [0.15, 0.2) is 5.82 Å². The van der Waals surface area contributed by atoms with E-state index < -0.39 is 5.97 Å². The maximum Gasteiger partial charge on any atom is 0.342 e. The highest BCUT2D eigenvalue weighted by molar-refractivity contribution is 7.71. The molecular weight excluding hydrogens is 274 g/mol. The first kappa shape index (κ1) is 12.8. The molecule has 2 aromatic rings. The second-order valence-corrected chi connectivity index (χ2v) is 4.15. The zero-order valence-electron chi connectivity index (χ0n) is 9.51. The Hall–Kier alpha value is -1.66. The largest absolute Gasteiger partial charge is 0.462 e. The highest BCUT2D eigenvalue weighted by atomic mass is 35.5. The zero-order valence-corrected chi connectivity index (χ0v) is 11.1. The van der Waals surface area contributed by atoms with Gasteiger partial charge in [0.25, 0.3) is 0 Å². The molecule has 5 nitrogen and oxygen atoms in total. The molecule has 2 rings (SSSR count). The Morgan fingerprint density at radius 1 is 1.67 bits per heavy atom. The lowest BCUT2D eigenvalue weighted by Crippen LogP contribution is -2.05. The van der Waals surface area contributed by atoms with Crippen molar-refractivity contribution in [3.8, 4) is 5.82 Å². The summed E-state index contributed by atoms with van der Waals surface area (Å²) >= 11 is 11.2. The molecule has 1 N–H and O–H groups in total. The van der Waals surface area contributed by atoms with Crippen molar-refractivity contribution >= 4 is 29.8 Å². The summed E-state index contributed by atoms with van der Waals surface area (Å²) in [4.78, 5) is 15.7. The van der Waals surface area contributed by atoms with Crippen molar-refractivity contribution in [1.29, 1.82) is 0 Å². The van der Waals surface area contributed by atoms with E-state index >= 15 is 0 Å². The Labute approximate surface area is 113 Å². The summed E-state index contributed by atoms with van der Waals surface area (Å²) in [5, 5.41) is 3.27. The second kappa shape index (κ2) is 5.32. The van der Waals surface area contributed by atoms with Gasteiger partial charge in [-0.15, -0.1) is 0 Å². The summed E-state index contributed by atoms with van der Waals surface area (Å²) < 4.78 is 6.64. The first-order chi connectivity index (χ1) is 8.65. The van der Waals surface area contributed by atoms with Gasteiger partial charge in [-0.1, -0.05) is 23.8 Å². The van der Waals surface area contributed by atoms with Crippen LogP contribution in [0.4, 0.5) is 0 Å². The van der Waals surface area contributed by atoms with Crippen LogP contribution in [0.2, 0.25) is 5.02 Å². The molecular formula is C11H10ClN3O2S. The number of halogens is 1. The number of aromatic amines is 1. The van der Waals surface area contributed by atoms with Gasteiger partial charge in [-0.2, -0.15) is 0 Å². The van der Waals surface area contributed by atoms with Gasteiger partial charge in [0.1, 0.15) is 10.2 Å². The Balaban J connectivity index is 2.47. The van der Waals surface area contributed by atoms with E-state index in [0.717, 1.165) is 0 Å². The topological polar surface area (TPSA) is 59.9 Å². The standard InChI is InChI=1S/C11H10ClN3O2S/c1-2-17-11(16)7-6-14-15(10(7)18)9-8(12)4-3-5-13-9/h3-6,14H,2H2,1H3. The lowest BCUT2D eigenvalue weighted by Gasteiger charge is -2.03. The fourth-order valence-corrected chi connectivity index (χ4v) is 1.91. The lowest BCUT2D eigenvalue weighted by atomic mass is 10.4. The molecule has 0 aromatic carbocycles. The van der Waals surface area contributed by atoms with Crippen molar-refractivity contribution in [2.24, 2.45) is 0 Å². The fourth-order valence-electron chi connectivity index (χ4n) is 1.42. The predicted octanol–water partition coefficient (Wildman–Crippen LogP) is 2.76. The average Bonchev–Trinajstić information content (AvgIpc) is 2.72. The van der Waals surface area contributed by atoms with Crippen molar-refractivity contribution in [3.05, 3.63) is 39.8 Å². The van der Waals surface area contributed by atoms with Gasteiger partial charge >= 0.3 is 5.97 Å². The Morgan fingerprint density at radius 2 is 2.44 bits per heavy atom. The number of nitrogens with one attached hydrogen (secondary N) is 1. The van der Waals surface area contributed by atoms with E-state index in [1.807, 2.05) is 0 Å². The number of carbonyl (C=O) groups excluding carboxylic acids is 1. The molecule has 0 spiro atoms. The predicted molar refractivity (Wildman–Crippen MR) is 69.7 cm³/mol. The quantitative estimate of drug-likeness (QED) is 0.695. The van der Waals surface area contributed by atoms with Gasteiger partial charge < -0.3 is 4.74 Å². The van der Waals surface area contributed by atoms with Crippen LogP contribution in [0.25, 0.3) is 5.82 Å². The number of carbonyl (C=O) groups is 1. The molecule has 18 heavy (non-hydrogen) atoms. The minimum Gasteiger partial charge on any atom is -0.462 e. The molecule has 0 aliphatic carbocycles. The minimum atomic E-state index is -0.468. The maximum atomic E-state index is 11.6. The molecule has 0 atom stereocenters. The molecule has 94 valence electrons. The Morgan fingerprint density at radius 3 is 3.11 bits per heavy atom. The number of hydrogen-bond acceptors (Lipinski definition) is 4. The van der Waals surface area contributed by atoms with Gasteiger partial charge in [-0.3, -0.25) is 5.10 Å². The zero-order chi connectivity index (χ0) is 13.1. The van der Waals surface area contributed by atoms with Crippen LogP contribution in [-0.2, 0) is 4.74 Å². The van der Waals surface area contributed by atoms with Gasteiger partial charge in [0.2, 0.25) is 0 Å². The van der Waals surface area contributed by atoms with Crippen LogP contribution >= 0.6 is 23.8 Å². The highest BCUT2D eigenvalue weighted by Gasteiger charge is 2.15. The SMILES string of the molecule is CCOC(=O)c1c[nH]n(-c2ncccc2Cl)c1=S. The summed E-state index contributed by atoms with van der Waals surface area (Å²) in [6, 6.07) is 3.40. The highest BCUT2D eigenvalue weighted by Crippen LogP contribution is 2.18. The van der Waals surface area contributed by atoms with Crippen LogP contribution < -0.4 is 0 Å². The van der Waals surface area contributed by atoms with Gasteiger partial charge in [-0.05, 0) is 19.1 Å². The molecule has 0 bridgehead atoms. The van der Waals surface area contributed by atoms with Crippen molar-refractivity contribution in [1.82, 2.24) is 14.8 Å². The van der Waals surface area contributed by atoms with Crippen LogP contribution in [-0.4, -0.2) is 27.3 Å². The Kier molecular flexibility index (Phi) is 3.78. The monoisotopic (exact) mass is 283 g/mol. The van der Waals surface area contributed by atoms with Crippen molar-refractivity contribution in [2.45, 2.75) is 6.92 Å². The number of H-pyrrole nitrogens is 1. The van der Waals surface area contributed by atoms with Crippen molar-refractivity contribution < 1.29 is 9.53 Å². The number of ether oxygens (including phenoxy) is 1. The van der Waals surface area contributed by atoms with Crippen LogP contribution in [0.3, 0.4) is 0 Å². The van der Waals surface area contributed by atoms with E-state index in [0.29, 0.717) is 17.4 Å². The molecule has 0 saturated heterocycles. The number of aromatic nitrogens is 3. The summed E-state index contributed by atoms with van der Waals surface area (Å²) in [5.41, 5.74) is 0.286. The van der Waals surface area contributed by atoms with Crippen molar-refractivity contribution in [2.75, 3.05) is 6.61 Å². The number of rotatable bonds is 3. The summed E-state index contributed by atoms with van der Waals surface area (Å²) in [6.07, 6.45) is 3.07. The van der Waals surface area contributed by atoms with E-state index in [2.05, 4.69) is 10.1 Å². The molecule has 0 radical (unpaired) electrons. The Bertz CT molecular complexity index is 635. The van der Waals surface area contributed by atoms with Crippen LogP contribution in [0, 0.1) is 4.64 Å². The average molecular weight is 284 g/mol. The normalized spacial score (nSPS) is 10.3. The molecule has 0 aliphatic heterocycles. The molecule has 2 heterocycles. The number of hydrogen-bond donors (Lipinski definition) is 1. The minimum absolute atomic E-state index is 0.286. The smallest absolute Gasteiger partial charge is 0.342 e. The van der Waals surface area contributed by atoms with Crippen LogP contribution in [0.15, 0.2) is 24.5 Å². The first-order valence-electron chi connectivity index (χ1n) is 5.23. The third-order valence-corrected chi connectivity index (χ3v) is 2.92. The molecule has 0 amide bonds. The van der Waals surface area contributed by atoms with Crippen LogP contribution in [0.5, 0.6) is 0 Å². The second-order valence-electron chi connectivity index (χ2n) is 3.36. The van der Waals surface area contributed by atoms with Crippen LogP contribution in [0.1, 0.15) is 17.3 Å². The van der Waals surface area contributed by atoms with Gasteiger partial charge in [-0.25, -0.2) is 14.5 Å². The maximum absolute atomic E-state index is 11.6. The van der Waals surface area contributed by atoms with E-state index in [4.69, 9.17) is 28.6 Å². The first-order valence-corrected chi connectivity index (χ1v) is 6.02. The number of esters is 1. The lowest BCUT2D eigenvalue weighted by molar-refractivity contribution is 0.0525. The summed E-state index contributed by atoms with van der Waals surface area (Å²) in [6.45, 7) is 2.03. The van der Waals surface area contributed by atoms with Crippen molar-refractivity contribution in [3.63, 3.8) is 0 Å². The molecule has 2 aromatic heterocycles. The number of nitrogens with zero attached hydrogens (tertiary/aromatic N) is 2. The van der Waals surface area contributed by atoms with E-state index in [-0.39, 0.29) is 10.2 Å². The third-order valence-electron chi connectivity index (χ3n) is 2.22. The summed E-state index contributed by atoms with van der Waals surface area (Å²) in [5.74, 6) is -0.0238. The van der Waals surface area contributed by atoms with Gasteiger partial charge in [0, 0.05) is 12.4 Å². The number of pyridine rings is 1. The van der Waals surface area contributed by atoms with E-state index in [1.54, 1.807) is 25.3 Å². The molecule has 0 unspecified atom stereocenters. The van der Waals surface area contributed by atoms with E-state index in [1.165, 1.54) is 10.9 Å². The molecule has 7 heteroatoms. The molecule has 0 saturated carbocycles. The van der Waals surface area contributed by atoms with E-state index in [9.17, 15) is 4.79 Å². The summed E-state index contributed by atoms with van der Waals surface area (Å²) in [7, 11) is 0. The third kappa shape index (κ3) is 2.30. The molecule has 0 aliphatic rings. The fraction of sp³-hybridized carbons (Fsp3) is 0.182. The molecule has 0 fully saturated rings. The van der Waals surface area contributed by atoms with Gasteiger partial charge in [0.05, 0.1) is 11.6 Å².